The van der Waals surface area contributed by atoms with Crippen LogP contribution in [0.15, 0.2) is 0 Å². The summed E-state index contributed by atoms with van der Waals surface area (Å²) in [5, 5.41) is 0. The van der Waals surface area contributed by atoms with Crippen LogP contribution in [0.3, 0.4) is 0 Å². The Hall–Kier alpha value is -0.0800. The van der Waals surface area contributed by atoms with Crippen molar-refractivity contribution < 1.29 is 0 Å². The second-order valence-corrected chi connectivity index (χ2v) is 4.58. The fourth-order valence-corrected chi connectivity index (χ4v) is 2.31. The smallest absolute Gasteiger partial charge is 0.00674 e. The molecule has 2 N–H and O–H groups in total. The predicted octanol–water partition coefficient (Wildman–Crippen LogP) is 2.38. The van der Waals surface area contributed by atoms with Crippen LogP contribution in [0.2, 0.25) is 0 Å². The van der Waals surface area contributed by atoms with Gasteiger partial charge in [0.05, 0.1) is 0 Å². The number of unbranched alkanes of at least 4 members (excludes halogenated alkanes) is 4. The molecule has 0 bridgehead atoms. The van der Waals surface area contributed by atoms with Gasteiger partial charge in [0.2, 0.25) is 0 Å². The van der Waals surface area contributed by atoms with Crippen molar-refractivity contribution in [1.82, 2.24) is 4.90 Å². The van der Waals surface area contributed by atoms with E-state index < -0.39 is 0 Å². The highest BCUT2D eigenvalue weighted by Gasteiger charge is 2.18. The van der Waals surface area contributed by atoms with Crippen LogP contribution in [0.4, 0.5) is 0 Å². The zero-order chi connectivity index (χ0) is 10.2. The van der Waals surface area contributed by atoms with E-state index in [1.807, 2.05) is 0 Å². The van der Waals surface area contributed by atoms with Gasteiger partial charge in [-0.1, -0.05) is 19.3 Å². The van der Waals surface area contributed by atoms with Gasteiger partial charge in [-0.05, 0) is 52.2 Å². The quantitative estimate of drug-likeness (QED) is 0.636. The molecule has 2 heteroatoms. The Bertz CT molecular complexity index is 136. The van der Waals surface area contributed by atoms with E-state index in [-0.39, 0.29) is 0 Å². The van der Waals surface area contributed by atoms with Crippen molar-refractivity contribution in [3.05, 3.63) is 0 Å². The fourth-order valence-electron chi connectivity index (χ4n) is 2.31. The Kier molecular flexibility index (Phi) is 6.20. The Labute approximate surface area is 88.8 Å². The summed E-state index contributed by atoms with van der Waals surface area (Å²) in [6.07, 6.45) is 9.51. The number of nitrogens with zero attached hydrogens (tertiary/aromatic N) is 1. The number of nitrogens with two attached hydrogens (primary N) is 1. The normalized spacial score (nSPS) is 23.1. The molecule has 0 aromatic heterocycles. The van der Waals surface area contributed by atoms with Crippen LogP contribution in [0, 0.1) is 0 Å². The first-order chi connectivity index (χ1) is 6.84. The van der Waals surface area contributed by atoms with Gasteiger partial charge in [0.25, 0.3) is 0 Å². The molecular formula is C12H26N2. The van der Waals surface area contributed by atoms with Crippen LogP contribution in [-0.4, -0.2) is 30.6 Å². The largest absolute Gasteiger partial charge is 0.330 e. The van der Waals surface area contributed by atoms with Crippen molar-refractivity contribution in [2.24, 2.45) is 5.73 Å². The van der Waals surface area contributed by atoms with Crippen LogP contribution in [0.25, 0.3) is 0 Å². The third-order valence-corrected chi connectivity index (χ3v) is 3.34. The molecule has 1 fully saturated rings. The van der Waals surface area contributed by atoms with Crippen LogP contribution in [0.5, 0.6) is 0 Å². The van der Waals surface area contributed by atoms with Gasteiger partial charge in [0.15, 0.2) is 0 Å². The van der Waals surface area contributed by atoms with Crippen molar-refractivity contribution in [2.75, 3.05) is 19.6 Å². The Morgan fingerprint density at radius 3 is 2.50 bits per heavy atom. The molecule has 0 aromatic carbocycles. The van der Waals surface area contributed by atoms with Gasteiger partial charge < -0.3 is 10.6 Å². The maximum Gasteiger partial charge on any atom is 0.00674 e. The molecule has 1 rings (SSSR count). The van der Waals surface area contributed by atoms with E-state index in [4.69, 9.17) is 5.73 Å². The lowest BCUT2D eigenvalue weighted by atomic mass is 10.1. The van der Waals surface area contributed by atoms with Gasteiger partial charge in [-0.15, -0.1) is 0 Å². The third-order valence-electron chi connectivity index (χ3n) is 3.34. The summed E-state index contributed by atoms with van der Waals surface area (Å²) in [7, 11) is 0. The lowest BCUT2D eigenvalue weighted by molar-refractivity contribution is 0.262. The molecular weight excluding hydrogens is 172 g/mol. The summed E-state index contributed by atoms with van der Waals surface area (Å²) in [4.78, 5) is 2.64. The first-order valence-electron chi connectivity index (χ1n) is 6.28. The van der Waals surface area contributed by atoms with Crippen molar-refractivity contribution in [1.29, 1.82) is 0 Å². The zero-order valence-corrected chi connectivity index (χ0v) is 9.67. The van der Waals surface area contributed by atoms with Crippen molar-refractivity contribution in [3.63, 3.8) is 0 Å². The van der Waals surface area contributed by atoms with E-state index in [2.05, 4.69) is 11.8 Å². The molecule has 84 valence electrons. The highest BCUT2D eigenvalue weighted by molar-refractivity contribution is 4.74. The lowest BCUT2D eigenvalue weighted by Gasteiger charge is -2.20. The summed E-state index contributed by atoms with van der Waals surface area (Å²) >= 11 is 0. The van der Waals surface area contributed by atoms with Crippen LogP contribution >= 0.6 is 0 Å². The minimum Gasteiger partial charge on any atom is -0.330 e. The molecule has 0 saturated carbocycles. The molecule has 0 radical (unpaired) electrons. The first-order valence-corrected chi connectivity index (χ1v) is 6.28. The summed E-state index contributed by atoms with van der Waals surface area (Å²) in [5.74, 6) is 0. The second-order valence-electron chi connectivity index (χ2n) is 4.58. The minimum atomic E-state index is 0.846. The van der Waals surface area contributed by atoms with Gasteiger partial charge in [-0.25, -0.2) is 0 Å². The Morgan fingerprint density at radius 2 is 1.86 bits per heavy atom. The molecule has 1 saturated heterocycles. The van der Waals surface area contributed by atoms with Crippen molar-refractivity contribution in [2.45, 2.75) is 57.9 Å². The van der Waals surface area contributed by atoms with E-state index in [0.29, 0.717) is 0 Å². The second kappa shape index (κ2) is 7.24. The van der Waals surface area contributed by atoms with Gasteiger partial charge in [-0.2, -0.15) is 0 Å². The highest BCUT2D eigenvalue weighted by atomic mass is 15.2. The predicted molar refractivity (Wildman–Crippen MR) is 62.4 cm³/mol. The number of hydrogen-bond acceptors (Lipinski definition) is 2. The number of rotatable bonds is 7. The maximum atomic E-state index is 5.45. The average molecular weight is 198 g/mol. The molecule has 1 aliphatic heterocycles. The number of hydrogen-bond donors (Lipinski definition) is 1. The molecule has 14 heavy (non-hydrogen) atoms. The van der Waals surface area contributed by atoms with Crippen LogP contribution in [-0.2, 0) is 0 Å². The van der Waals surface area contributed by atoms with Crippen LogP contribution in [0.1, 0.15) is 51.9 Å². The molecule has 1 unspecified atom stereocenters. The van der Waals surface area contributed by atoms with Gasteiger partial charge >= 0.3 is 0 Å². The third kappa shape index (κ3) is 4.43. The molecule has 1 atom stereocenters. The van der Waals surface area contributed by atoms with Gasteiger partial charge in [0.1, 0.15) is 0 Å². The van der Waals surface area contributed by atoms with Gasteiger partial charge in [0, 0.05) is 6.04 Å². The van der Waals surface area contributed by atoms with E-state index in [0.717, 1.165) is 12.6 Å². The zero-order valence-electron chi connectivity index (χ0n) is 9.67. The lowest BCUT2D eigenvalue weighted by Crippen LogP contribution is -2.27. The topological polar surface area (TPSA) is 29.3 Å². The summed E-state index contributed by atoms with van der Waals surface area (Å²) in [6, 6.07) is 0.846. The molecule has 0 amide bonds. The molecule has 0 aliphatic carbocycles. The summed E-state index contributed by atoms with van der Waals surface area (Å²) in [5.41, 5.74) is 5.45. The van der Waals surface area contributed by atoms with Crippen molar-refractivity contribution >= 4 is 0 Å². The fraction of sp³-hybridized carbons (Fsp3) is 1.00. The standard InChI is InChI=1S/C12H26N2/c1-12-8-7-11-14(12)10-6-4-2-3-5-9-13/h12H,2-11,13H2,1H3. The Balaban J connectivity index is 1.88. The highest BCUT2D eigenvalue weighted by Crippen LogP contribution is 2.17. The number of likely N-dealkylation sites (tertiary alicyclic amines) is 1. The van der Waals surface area contributed by atoms with E-state index in [1.54, 1.807) is 0 Å². The monoisotopic (exact) mass is 198 g/mol. The van der Waals surface area contributed by atoms with E-state index >= 15 is 0 Å². The molecule has 0 aromatic rings. The average Bonchev–Trinajstić information content (AvgIpc) is 2.58. The van der Waals surface area contributed by atoms with Crippen LogP contribution < -0.4 is 5.73 Å². The Morgan fingerprint density at radius 1 is 1.14 bits per heavy atom. The van der Waals surface area contributed by atoms with E-state index in [9.17, 15) is 0 Å². The first kappa shape index (κ1) is 12.0. The molecule has 1 heterocycles. The van der Waals surface area contributed by atoms with Gasteiger partial charge in [-0.3, -0.25) is 0 Å². The SMILES string of the molecule is CC1CCCN1CCCCCCCN. The minimum absolute atomic E-state index is 0.846. The van der Waals surface area contributed by atoms with Crippen molar-refractivity contribution in [3.8, 4) is 0 Å². The molecule has 1 aliphatic rings. The van der Waals surface area contributed by atoms with E-state index in [1.165, 1.54) is 58.0 Å². The maximum absolute atomic E-state index is 5.45. The summed E-state index contributed by atoms with van der Waals surface area (Å²) in [6.45, 7) is 5.89. The molecule has 2 nitrogen and oxygen atoms in total. The molecule has 0 spiro atoms. The summed E-state index contributed by atoms with van der Waals surface area (Å²) < 4.78 is 0.